The summed E-state index contributed by atoms with van der Waals surface area (Å²) >= 11 is 1.71. The Morgan fingerprint density at radius 2 is 1.35 bits per heavy atom. The average molecular weight is 290 g/mol. The standard InChI is InChI=1S/C16H18O3S/c1-20-16-8-6-15(7-9-16)19-11-10-18-14-4-2-13(12-17)3-5-14/h2-9,17H,10-12H2,1H3. The number of hydrogen-bond donors (Lipinski definition) is 1. The Kier molecular flexibility index (Phi) is 5.77. The van der Waals surface area contributed by atoms with Crippen LogP contribution < -0.4 is 9.47 Å². The van der Waals surface area contributed by atoms with E-state index < -0.39 is 0 Å². The fourth-order valence-electron chi connectivity index (χ4n) is 1.68. The average Bonchev–Trinajstić information content (AvgIpc) is 2.53. The van der Waals surface area contributed by atoms with Gasteiger partial charge in [0.2, 0.25) is 0 Å². The van der Waals surface area contributed by atoms with Gasteiger partial charge in [-0.05, 0) is 48.2 Å². The fraction of sp³-hybridized carbons (Fsp3) is 0.250. The van der Waals surface area contributed by atoms with Crippen LogP contribution in [0.3, 0.4) is 0 Å². The van der Waals surface area contributed by atoms with E-state index in [1.807, 2.05) is 54.8 Å². The van der Waals surface area contributed by atoms with Gasteiger partial charge in [-0.3, -0.25) is 0 Å². The third-order valence-electron chi connectivity index (χ3n) is 2.79. The Morgan fingerprint density at radius 1 is 0.850 bits per heavy atom. The summed E-state index contributed by atoms with van der Waals surface area (Å²) in [5.74, 6) is 1.63. The molecule has 0 saturated heterocycles. The highest BCUT2D eigenvalue weighted by molar-refractivity contribution is 7.98. The molecular weight excluding hydrogens is 272 g/mol. The van der Waals surface area contributed by atoms with Crippen molar-refractivity contribution in [1.82, 2.24) is 0 Å². The molecule has 0 aliphatic rings. The first kappa shape index (κ1) is 14.8. The Bertz CT molecular complexity index is 459. The summed E-state index contributed by atoms with van der Waals surface area (Å²) < 4.78 is 11.2. The monoisotopic (exact) mass is 290 g/mol. The molecule has 2 aromatic rings. The maximum atomic E-state index is 8.94. The van der Waals surface area contributed by atoms with Crippen molar-refractivity contribution in [3.63, 3.8) is 0 Å². The molecule has 0 atom stereocenters. The lowest BCUT2D eigenvalue weighted by Crippen LogP contribution is -2.08. The molecule has 2 aromatic carbocycles. The SMILES string of the molecule is CSc1ccc(OCCOc2ccc(CO)cc2)cc1. The molecule has 1 N–H and O–H groups in total. The zero-order valence-electron chi connectivity index (χ0n) is 11.4. The summed E-state index contributed by atoms with van der Waals surface area (Å²) in [6.07, 6.45) is 2.05. The quantitative estimate of drug-likeness (QED) is 0.627. The zero-order chi connectivity index (χ0) is 14.2. The predicted molar refractivity (Wildman–Crippen MR) is 81.6 cm³/mol. The topological polar surface area (TPSA) is 38.7 Å². The van der Waals surface area contributed by atoms with Crippen LogP contribution in [-0.2, 0) is 6.61 Å². The second-order valence-electron chi connectivity index (χ2n) is 4.17. The molecule has 20 heavy (non-hydrogen) atoms. The van der Waals surface area contributed by atoms with E-state index in [-0.39, 0.29) is 6.61 Å². The molecule has 0 spiro atoms. The van der Waals surface area contributed by atoms with Gasteiger partial charge in [0.25, 0.3) is 0 Å². The molecule has 3 nitrogen and oxygen atoms in total. The van der Waals surface area contributed by atoms with E-state index in [1.54, 1.807) is 11.8 Å². The van der Waals surface area contributed by atoms with Gasteiger partial charge >= 0.3 is 0 Å². The number of hydrogen-bond acceptors (Lipinski definition) is 4. The molecule has 0 fully saturated rings. The molecule has 0 aliphatic carbocycles. The van der Waals surface area contributed by atoms with Crippen molar-refractivity contribution in [3.05, 3.63) is 54.1 Å². The van der Waals surface area contributed by atoms with Gasteiger partial charge in [0.15, 0.2) is 0 Å². The van der Waals surface area contributed by atoms with Gasteiger partial charge in [0.05, 0.1) is 6.61 Å². The van der Waals surface area contributed by atoms with Gasteiger partial charge < -0.3 is 14.6 Å². The van der Waals surface area contributed by atoms with Crippen molar-refractivity contribution < 1.29 is 14.6 Å². The zero-order valence-corrected chi connectivity index (χ0v) is 12.2. The number of aliphatic hydroxyl groups excluding tert-OH is 1. The lowest BCUT2D eigenvalue weighted by molar-refractivity contribution is 0.217. The predicted octanol–water partition coefficient (Wildman–Crippen LogP) is 3.36. The maximum absolute atomic E-state index is 8.94. The summed E-state index contributed by atoms with van der Waals surface area (Å²) in [4.78, 5) is 1.22. The summed E-state index contributed by atoms with van der Waals surface area (Å²) in [5, 5.41) is 8.94. The van der Waals surface area contributed by atoms with Crippen LogP contribution in [0.15, 0.2) is 53.4 Å². The molecule has 0 heterocycles. The molecule has 0 radical (unpaired) electrons. The minimum atomic E-state index is 0.0510. The largest absolute Gasteiger partial charge is 0.490 e. The van der Waals surface area contributed by atoms with Crippen LogP contribution in [0.25, 0.3) is 0 Å². The molecule has 4 heteroatoms. The molecule has 0 bridgehead atoms. The van der Waals surface area contributed by atoms with Gasteiger partial charge in [-0.1, -0.05) is 12.1 Å². The summed E-state index contributed by atoms with van der Waals surface area (Å²) in [6.45, 7) is 1.04. The van der Waals surface area contributed by atoms with E-state index >= 15 is 0 Å². The van der Waals surface area contributed by atoms with Gasteiger partial charge in [0.1, 0.15) is 24.7 Å². The van der Waals surface area contributed by atoms with Crippen LogP contribution in [-0.4, -0.2) is 24.6 Å². The van der Waals surface area contributed by atoms with Crippen molar-refractivity contribution in [2.75, 3.05) is 19.5 Å². The third kappa shape index (κ3) is 4.47. The van der Waals surface area contributed by atoms with E-state index in [1.165, 1.54) is 4.90 Å². The van der Waals surface area contributed by atoms with E-state index in [2.05, 4.69) is 0 Å². The minimum Gasteiger partial charge on any atom is -0.490 e. The van der Waals surface area contributed by atoms with Crippen molar-refractivity contribution in [3.8, 4) is 11.5 Å². The molecule has 0 amide bonds. The maximum Gasteiger partial charge on any atom is 0.122 e. The number of ether oxygens (including phenoxy) is 2. The second kappa shape index (κ2) is 7.82. The molecule has 0 aliphatic heterocycles. The number of thioether (sulfide) groups is 1. The van der Waals surface area contributed by atoms with E-state index in [0.717, 1.165) is 17.1 Å². The lowest BCUT2D eigenvalue weighted by atomic mass is 10.2. The van der Waals surface area contributed by atoms with Gasteiger partial charge in [-0.25, -0.2) is 0 Å². The highest BCUT2D eigenvalue weighted by Crippen LogP contribution is 2.19. The highest BCUT2D eigenvalue weighted by atomic mass is 32.2. The normalized spacial score (nSPS) is 10.3. The van der Waals surface area contributed by atoms with Crippen molar-refractivity contribution in [1.29, 1.82) is 0 Å². The first-order valence-electron chi connectivity index (χ1n) is 6.41. The molecule has 2 rings (SSSR count). The second-order valence-corrected chi connectivity index (χ2v) is 5.05. The third-order valence-corrected chi connectivity index (χ3v) is 3.53. The molecule has 106 valence electrons. The summed E-state index contributed by atoms with van der Waals surface area (Å²) in [7, 11) is 0. The smallest absolute Gasteiger partial charge is 0.122 e. The van der Waals surface area contributed by atoms with Crippen LogP contribution >= 0.6 is 11.8 Å². The van der Waals surface area contributed by atoms with Crippen LogP contribution in [0.5, 0.6) is 11.5 Å². The number of rotatable bonds is 7. The van der Waals surface area contributed by atoms with Crippen molar-refractivity contribution in [2.45, 2.75) is 11.5 Å². The van der Waals surface area contributed by atoms with Crippen LogP contribution in [0.2, 0.25) is 0 Å². The van der Waals surface area contributed by atoms with Crippen molar-refractivity contribution in [2.24, 2.45) is 0 Å². The van der Waals surface area contributed by atoms with Crippen molar-refractivity contribution >= 4 is 11.8 Å². The van der Waals surface area contributed by atoms with Gasteiger partial charge in [0, 0.05) is 4.90 Å². The van der Waals surface area contributed by atoms with Gasteiger partial charge in [-0.15, -0.1) is 11.8 Å². The first-order chi connectivity index (χ1) is 9.81. The van der Waals surface area contributed by atoms with Gasteiger partial charge in [-0.2, -0.15) is 0 Å². The number of aliphatic hydroxyl groups is 1. The van der Waals surface area contributed by atoms with E-state index in [0.29, 0.717) is 13.2 Å². The van der Waals surface area contributed by atoms with E-state index in [4.69, 9.17) is 14.6 Å². The van der Waals surface area contributed by atoms with Crippen LogP contribution in [0.4, 0.5) is 0 Å². The fourth-order valence-corrected chi connectivity index (χ4v) is 2.09. The Morgan fingerprint density at radius 3 is 1.80 bits per heavy atom. The molecule has 0 saturated carbocycles. The summed E-state index contributed by atoms with van der Waals surface area (Å²) in [5.41, 5.74) is 0.877. The molecule has 0 unspecified atom stereocenters. The molecular formula is C16H18O3S. The minimum absolute atomic E-state index is 0.0510. The Labute approximate surface area is 123 Å². The van der Waals surface area contributed by atoms with E-state index in [9.17, 15) is 0 Å². The van der Waals surface area contributed by atoms with Crippen LogP contribution in [0, 0.1) is 0 Å². The summed E-state index contributed by atoms with van der Waals surface area (Å²) in [6, 6.07) is 15.4. The number of benzene rings is 2. The first-order valence-corrected chi connectivity index (χ1v) is 7.64. The Hall–Kier alpha value is -1.65. The lowest BCUT2D eigenvalue weighted by Gasteiger charge is -2.09. The molecule has 0 aromatic heterocycles. The highest BCUT2D eigenvalue weighted by Gasteiger charge is 1.97. The van der Waals surface area contributed by atoms with Crippen LogP contribution in [0.1, 0.15) is 5.56 Å². The Balaban J connectivity index is 1.72.